The Morgan fingerprint density at radius 3 is 2.89 bits per heavy atom. The van der Waals surface area contributed by atoms with Gasteiger partial charge in [0.25, 0.3) is 5.24 Å². The first-order valence-corrected chi connectivity index (χ1v) is 3.18. The third kappa shape index (κ3) is 7.78. The van der Waals surface area contributed by atoms with Gasteiger partial charge in [0.2, 0.25) is 0 Å². The van der Waals surface area contributed by atoms with Crippen LogP contribution in [0.15, 0.2) is 0 Å². The first kappa shape index (κ1) is 8.78. The van der Waals surface area contributed by atoms with Crippen molar-refractivity contribution in [1.82, 2.24) is 5.32 Å². The van der Waals surface area contributed by atoms with Gasteiger partial charge in [-0.15, -0.1) is 0 Å². The largest absolute Gasteiger partial charge is 0.385 e. The number of ether oxygens (including phenoxy) is 1. The zero-order chi connectivity index (χ0) is 7.11. The smallest absolute Gasteiger partial charge is 0.275 e. The molecule has 0 heterocycles. The molecule has 0 radical (unpaired) electrons. The number of carbonyl (C=O) groups is 1. The highest BCUT2D eigenvalue weighted by molar-refractivity contribution is 7.96. The monoisotopic (exact) mass is 149 g/mol. The number of nitrogens with one attached hydrogen (secondary N) is 1. The highest BCUT2D eigenvalue weighted by atomic mass is 32.1. The van der Waals surface area contributed by atoms with Gasteiger partial charge in [-0.3, -0.25) is 4.79 Å². The van der Waals surface area contributed by atoms with E-state index >= 15 is 0 Å². The van der Waals surface area contributed by atoms with Crippen molar-refractivity contribution in [1.29, 1.82) is 0 Å². The summed E-state index contributed by atoms with van der Waals surface area (Å²) >= 11 is 3.51. The summed E-state index contributed by atoms with van der Waals surface area (Å²) in [6.07, 6.45) is 0.836. The third-order valence-corrected chi connectivity index (χ3v) is 0.960. The zero-order valence-electron chi connectivity index (χ0n) is 5.39. The predicted molar refractivity (Wildman–Crippen MR) is 38.9 cm³/mol. The minimum Gasteiger partial charge on any atom is -0.385 e. The molecule has 4 heteroatoms. The van der Waals surface area contributed by atoms with E-state index < -0.39 is 0 Å². The molecule has 54 valence electrons. The molecule has 0 aliphatic carbocycles. The van der Waals surface area contributed by atoms with Crippen molar-refractivity contribution < 1.29 is 9.53 Å². The Morgan fingerprint density at radius 1 is 1.78 bits per heavy atom. The Labute approximate surface area is 60.2 Å². The number of amides is 1. The van der Waals surface area contributed by atoms with Crippen molar-refractivity contribution in [2.45, 2.75) is 6.42 Å². The van der Waals surface area contributed by atoms with Gasteiger partial charge in [-0.25, -0.2) is 0 Å². The summed E-state index contributed by atoms with van der Waals surface area (Å²) in [5, 5.41) is 2.24. The zero-order valence-corrected chi connectivity index (χ0v) is 6.28. The molecule has 0 bridgehead atoms. The maximum Gasteiger partial charge on any atom is 0.275 e. The fraction of sp³-hybridized carbons (Fsp3) is 0.800. The van der Waals surface area contributed by atoms with Crippen molar-refractivity contribution in [3.63, 3.8) is 0 Å². The highest BCUT2D eigenvalue weighted by Crippen LogP contribution is 1.79. The Bertz CT molecular complexity index is 87.0. The maximum atomic E-state index is 10.1. The second-order valence-electron chi connectivity index (χ2n) is 1.58. The lowest BCUT2D eigenvalue weighted by atomic mass is 10.5. The van der Waals surface area contributed by atoms with Crippen LogP contribution in [-0.2, 0) is 4.74 Å². The van der Waals surface area contributed by atoms with E-state index in [0.29, 0.717) is 13.2 Å². The quantitative estimate of drug-likeness (QED) is 0.455. The summed E-state index contributed by atoms with van der Waals surface area (Å²) in [7, 11) is 1.63. The molecule has 0 atom stereocenters. The number of methoxy groups -OCH3 is 1. The Balaban J connectivity index is 2.83. The summed E-state index contributed by atoms with van der Waals surface area (Å²) in [4.78, 5) is 10.1. The van der Waals surface area contributed by atoms with Gasteiger partial charge < -0.3 is 10.1 Å². The molecule has 0 spiro atoms. The van der Waals surface area contributed by atoms with Gasteiger partial charge in [0.1, 0.15) is 0 Å². The van der Waals surface area contributed by atoms with Crippen molar-refractivity contribution in [3.05, 3.63) is 0 Å². The number of thiol groups is 1. The SMILES string of the molecule is COCCCNC(=O)S. The first-order valence-electron chi connectivity index (χ1n) is 2.73. The molecule has 0 aliphatic heterocycles. The molecule has 1 N–H and O–H groups in total. The van der Waals surface area contributed by atoms with Gasteiger partial charge in [-0.1, -0.05) is 12.6 Å². The number of carbonyl (C=O) groups excluding carboxylic acids is 1. The normalized spacial score (nSPS) is 9.11. The second-order valence-corrected chi connectivity index (χ2v) is 1.98. The molecule has 0 saturated carbocycles. The van der Waals surface area contributed by atoms with Crippen LogP contribution in [0.4, 0.5) is 4.79 Å². The number of hydrogen-bond acceptors (Lipinski definition) is 2. The molecule has 1 amide bonds. The van der Waals surface area contributed by atoms with E-state index in [-0.39, 0.29) is 5.24 Å². The summed E-state index contributed by atoms with van der Waals surface area (Å²) in [5.74, 6) is 0. The second kappa shape index (κ2) is 5.91. The number of rotatable bonds is 4. The average Bonchev–Trinajstić information content (AvgIpc) is 1.80. The lowest BCUT2D eigenvalue weighted by Crippen LogP contribution is -2.18. The molecule has 0 saturated heterocycles. The van der Waals surface area contributed by atoms with Crippen LogP contribution >= 0.6 is 12.6 Å². The van der Waals surface area contributed by atoms with Crippen LogP contribution in [0.25, 0.3) is 0 Å². The van der Waals surface area contributed by atoms with Gasteiger partial charge in [-0.05, 0) is 6.42 Å². The lowest BCUT2D eigenvalue weighted by Gasteiger charge is -1.98. The van der Waals surface area contributed by atoms with Crippen molar-refractivity contribution in [3.8, 4) is 0 Å². The molecule has 0 aromatic carbocycles. The molecule has 3 nitrogen and oxygen atoms in total. The van der Waals surface area contributed by atoms with Crippen molar-refractivity contribution in [2.24, 2.45) is 0 Å². The van der Waals surface area contributed by atoms with E-state index in [4.69, 9.17) is 4.74 Å². The van der Waals surface area contributed by atoms with Gasteiger partial charge in [0, 0.05) is 20.3 Å². The van der Waals surface area contributed by atoms with Crippen LogP contribution in [-0.4, -0.2) is 25.5 Å². The molecular formula is C5H11NO2S. The van der Waals surface area contributed by atoms with E-state index in [9.17, 15) is 4.79 Å². The molecule has 9 heavy (non-hydrogen) atoms. The van der Waals surface area contributed by atoms with Crippen LogP contribution in [0.3, 0.4) is 0 Å². The van der Waals surface area contributed by atoms with Gasteiger partial charge in [0.05, 0.1) is 0 Å². The minimum atomic E-state index is -0.286. The standard InChI is InChI=1S/C5H11NO2S/c1-8-4-2-3-6-5(7)9/h2-4H2,1H3,(H2,6,7,9). The average molecular weight is 149 g/mol. The van der Waals surface area contributed by atoms with Crippen LogP contribution in [0, 0.1) is 0 Å². The Kier molecular flexibility index (Phi) is 5.76. The van der Waals surface area contributed by atoms with Crippen LogP contribution in [0.2, 0.25) is 0 Å². The molecule has 0 aromatic rings. The summed E-state index contributed by atoms with van der Waals surface area (Å²) < 4.78 is 4.75. The fourth-order valence-corrected chi connectivity index (χ4v) is 0.524. The first-order chi connectivity index (χ1) is 4.27. The van der Waals surface area contributed by atoms with E-state index in [1.165, 1.54) is 0 Å². The van der Waals surface area contributed by atoms with Gasteiger partial charge in [-0.2, -0.15) is 0 Å². The van der Waals surface area contributed by atoms with E-state index in [2.05, 4.69) is 17.9 Å². The fourth-order valence-electron chi connectivity index (χ4n) is 0.412. The topological polar surface area (TPSA) is 38.3 Å². The minimum absolute atomic E-state index is 0.286. The molecule has 0 rings (SSSR count). The Hall–Kier alpha value is -0.220. The Morgan fingerprint density at radius 2 is 2.44 bits per heavy atom. The predicted octanol–water partition coefficient (Wildman–Crippen LogP) is 0.662. The molecule has 0 aliphatic rings. The van der Waals surface area contributed by atoms with Crippen molar-refractivity contribution in [2.75, 3.05) is 20.3 Å². The lowest BCUT2D eigenvalue weighted by molar-refractivity contribution is 0.194. The molecule has 0 aromatic heterocycles. The van der Waals surface area contributed by atoms with Gasteiger partial charge in [0.15, 0.2) is 0 Å². The van der Waals surface area contributed by atoms with Crippen LogP contribution < -0.4 is 5.32 Å². The van der Waals surface area contributed by atoms with Gasteiger partial charge >= 0.3 is 0 Å². The molecule has 0 unspecified atom stereocenters. The number of hydrogen-bond donors (Lipinski definition) is 2. The highest BCUT2D eigenvalue weighted by Gasteiger charge is 1.88. The molecule has 0 fully saturated rings. The summed E-state index contributed by atoms with van der Waals surface area (Å²) in [6, 6.07) is 0. The van der Waals surface area contributed by atoms with E-state index in [1.807, 2.05) is 0 Å². The van der Waals surface area contributed by atoms with Crippen LogP contribution in [0.5, 0.6) is 0 Å². The molecular weight excluding hydrogens is 138 g/mol. The summed E-state index contributed by atoms with van der Waals surface area (Å²) in [5.41, 5.74) is 0. The van der Waals surface area contributed by atoms with Crippen molar-refractivity contribution >= 4 is 17.9 Å². The van der Waals surface area contributed by atoms with E-state index in [0.717, 1.165) is 6.42 Å². The van der Waals surface area contributed by atoms with Crippen LogP contribution in [0.1, 0.15) is 6.42 Å². The van der Waals surface area contributed by atoms with E-state index in [1.54, 1.807) is 7.11 Å². The third-order valence-electron chi connectivity index (χ3n) is 0.801. The maximum absolute atomic E-state index is 10.1. The summed E-state index contributed by atoms with van der Waals surface area (Å²) in [6.45, 7) is 1.31.